The highest BCUT2D eigenvalue weighted by atomic mass is 32.1. The highest BCUT2D eigenvalue weighted by molar-refractivity contribution is 7.17. The number of hydrogen-bond donors (Lipinski definition) is 1. The number of fused-ring (bicyclic) bond motifs is 2. The van der Waals surface area contributed by atoms with Crippen LogP contribution in [0.15, 0.2) is 42.5 Å². The van der Waals surface area contributed by atoms with Crippen LogP contribution in [0.4, 0.5) is 5.00 Å². The van der Waals surface area contributed by atoms with Crippen molar-refractivity contribution in [2.75, 3.05) is 12.4 Å². The van der Waals surface area contributed by atoms with Crippen molar-refractivity contribution in [3.05, 3.63) is 64.0 Å². The minimum Gasteiger partial charge on any atom is -0.465 e. The summed E-state index contributed by atoms with van der Waals surface area (Å²) in [5.74, 6) is -0.482. The van der Waals surface area contributed by atoms with Gasteiger partial charge in [0, 0.05) is 4.88 Å². The van der Waals surface area contributed by atoms with Gasteiger partial charge in [-0.3, -0.25) is 4.79 Å². The minimum atomic E-state index is -0.365. The molecular formula is C22H21NO3S. The first kappa shape index (κ1) is 17.7. The Morgan fingerprint density at radius 1 is 1.07 bits per heavy atom. The van der Waals surface area contributed by atoms with Crippen molar-refractivity contribution in [1.82, 2.24) is 0 Å². The zero-order valence-corrected chi connectivity index (χ0v) is 16.0. The molecule has 0 spiro atoms. The summed E-state index contributed by atoms with van der Waals surface area (Å²) in [5.41, 5.74) is 2.55. The highest BCUT2D eigenvalue weighted by Gasteiger charge is 2.26. The molecule has 2 aromatic carbocycles. The van der Waals surface area contributed by atoms with Gasteiger partial charge in [-0.25, -0.2) is 4.79 Å². The summed E-state index contributed by atoms with van der Waals surface area (Å²) >= 11 is 1.51. The summed E-state index contributed by atoms with van der Waals surface area (Å²) < 4.78 is 4.97. The van der Waals surface area contributed by atoms with E-state index in [4.69, 9.17) is 4.74 Å². The van der Waals surface area contributed by atoms with Crippen molar-refractivity contribution in [2.45, 2.75) is 32.1 Å². The van der Waals surface area contributed by atoms with Gasteiger partial charge in [0.1, 0.15) is 5.00 Å². The summed E-state index contributed by atoms with van der Waals surface area (Å²) in [6.45, 7) is 0. The molecule has 1 aromatic heterocycles. The van der Waals surface area contributed by atoms with Crippen molar-refractivity contribution in [3.8, 4) is 0 Å². The molecule has 1 aliphatic rings. The Kier molecular flexibility index (Phi) is 4.94. The number of esters is 1. The van der Waals surface area contributed by atoms with Crippen molar-refractivity contribution in [3.63, 3.8) is 0 Å². The third kappa shape index (κ3) is 3.60. The molecule has 4 rings (SSSR count). The summed E-state index contributed by atoms with van der Waals surface area (Å²) in [7, 11) is 1.38. The third-order valence-corrected chi connectivity index (χ3v) is 6.20. The number of ether oxygens (including phenoxy) is 1. The first-order chi connectivity index (χ1) is 13.2. The molecule has 1 aliphatic carbocycles. The van der Waals surface area contributed by atoms with Gasteiger partial charge in [-0.05, 0) is 47.6 Å². The van der Waals surface area contributed by atoms with Gasteiger partial charge in [0.15, 0.2) is 0 Å². The minimum absolute atomic E-state index is 0.117. The number of nitrogens with one attached hydrogen (secondary N) is 1. The van der Waals surface area contributed by atoms with E-state index in [1.807, 2.05) is 36.4 Å². The van der Waals surface area contributed by atoms with Crippen LogP contribution in [0.1, 0.15) is 39.2 Å². The van der Waals surface area contributed by atoms with Crippen molar-refractivity contribution < 1.29 is 14.3 Å². The van der Waals surface area contributed by atoms with Crippen LogP contribution in [0.3, 0.4) is 0 Å². The Bertz CT molecular complexity index is 1020. The topological polar surface area (TPSA) is 55.4 Å². The van der Waals surface area contributed by atoms with Gasteiger partial charge in [0.2, 0.25) is 5.91 Å². The largest absolute Gasteiger partial charge is 0.465 e. The predicted molar refractivity (Wildman–Crippen MR) is 109 cm³/mol. The number of amides is 1. The van der Waals surface area contributed by atoms with E-state index >= 15 is 0 Å². The van der Waals surface area contributed by atoms with E-state index in [9.17, 15) is 9.59 Å². The van der Waals surface area contributed by atoms with E-state index < -0.39 is 0 Å². The molecule has 4 nitrogen and oxygen atoms in total. The Morgan fingerprint density at radius 3 is 2.67 bits per heavy atom. The van der Waals surface area contributed by atoms with Crippen LogP contribution in [0, 0.1) is 0 Å². The average molecular weight is 379 g/mol. The second kappa shape index (κ2) is 7.53. The van der Waals surface area contributed by atoms with Crippen LogP contribution >= 0.6 is 11.3 Å². The SMILES string of the molecule is COC(=O)c1c(NC(=O)Cc2ccc3ccccc3c2)sc2c1CCCC2. The molecule has 1 amide bonds. The molecule has 27 heavy (non-hydrogen) atoms. The van der Waals surface area contributed by atoms with Crippen molar-refractivity contribution in [1.29, 1.82) is 0 Å². The Hall–Kier alpha value is -2.66. The molecule has 138 valence electrons. The first-order valence-electron chi connectivity index (χ1n) is 9.16. The smallest absolute Gasteiger partial charge is 0.341 e. The fraction of sp³-hybridized carbons (Fsp3) is 0.273. The maximum Gasteiger partial charge on any atom is 0.341 e. The zero-order chi connectivity index (χ0) is 18.8. The second-order valence-electron chi connectivity index (χ2n) is 6.81. The number of carbonyl (C=O) groups is 2. The van der Waals surface area contributed by atoms with Crippen LogP contribution in [-0.2, 0) is 28.8 Å². The number of methoxy groups -OCH3 is 1. The fourth-order valence-corrected chi connectivity index (χ4v) is 4.97. The van der Waals surface area contributed by atoms with E-state index in [2.05, 4.69) is 11.4 Å². The van der Waals surface area contributed by atoms with Gasteiger partial charge in [-0.1, -0.05) is 42.5 Å². The maximum atomic E-state index is 12.6. The van der Waals surface area contributed by atoms with Gasteiger partial charge in [-0.15, -0.1) is 11.3 Å². The zero-order valence-electron chi connectivity index (χ0n) is 15.2. The number of rotatable bonds is 4. The molecule has 0 aliphatic heterocycles. The molecule has 1 N–H and O–H groups in total. The molecule has 0 unspecified atom stereocenters. The molecule has 1 heterocycles. The van der Waals surface area contributed by atoms with E-state index in [0.29, 0.717) is 10.6 Å². The molecule has 0 fully saturated rings. The Morgan fingerprint density at radius 2 is 1.85 bits per heavy atom. The first-order valence-corrected chi connectivity index (χ1v) is 9.97. The number of thiophene rings is 1. The van der Waals surface area contributed by atoms with Crippen LogP contribution in [0.25, 0.3) is 10.8 Å². The Balaban J connectivity index is 1.57. The van der Waals surface area contributed by atoms with E-state index in [1.165, 1.54) is 23.3 Å². The molecule has 0 saturated heterocycles. The number of aryl methyl sites for hydroxylation is 1. The van der Waals surface area contributed by atoms with Gasteiger partial charge < -0.3 is 10.1 Å². The molecule has 0 saturated carbocycles. The van der Waals surface area contributed by atoms with Gasteiger partial charge in [-0.2, -0.15) is 0 Å². The molecule has 0 bridgehead atoms. The Labute approximate surface area is 162 Å². The van der Waals surface area contributed by atoms with E-state index in [1.54, 1.807) is 0 Å². The summed E-state index contributed by atoms with van der Waals surface area (Å²) in [6.07, 6.45) is 4.30. The normalized spacial score (nSPS) is 13.2. The number of anilines is 1. The monoisotopic (exact) mass is 379 g/mol. The average Bonchev–Trinajstić information content (AvgIpc) is 3.04. The molecule has 3 aromatic rings. The molecule has 0 radical (unpaired) electrons. The number of carbonyl (C=O) groups excluding carboxylic acids is 2. The lowest BCUT2D eigenvalue weighted by molar-refractivity contribution is -0.115. The standard InChI is InChI=1S/C22H21NO3S/c1-26-22(25)20-17-8-4-5-9-18(17)27-21(20)23-19(24)13-14-10-11-15-6-2-3-7-16(15)12-14/h2-3,6-7,10-12H,4-5,8-9,13H2,1H3,(H,23,24). The molecule has 0 atom stereocenters. The van der Waals surface area contributed by atoms with Gasteiger partial charge in [0.05, 0.1) is 19.1 Å². The van der Waals surface area contributed by atoms with Crippen LogP contribution < -0.4 is 5.32 Å². The summed E-state index contributed by atoms with van der Waals surface area (Å²) in [6, 6.07) is 14.1. The van der Waals surface area contributed by atoms with E-state index in [-0.39, 0.29) is 18.3 Å². The quantitative estimate of drug-likeness (QED) is 0.666. The fourth-order valence-electron chi connectivity index (χ4n) is 3.68. The lowest BCUT2D eigenvalue weighted by Crippen LogP contribution is -2.16. The van der Waals surface area contributed by atoms with Crippen LogP contribution in [-0.4, -0.2) is 19.0 Å². The molecular weight excluding hydrogens is 358 g/mol. The highest BCUT2D eigenvalue weighted by Crippen LogP contribution is 2.38. The lowest BCUT2D eigenvalue weighted by atomic mass is 9.95. The van der Waals surface area contributed by atoms with Gasteiger partial charge in [0.25, 0.3) is 0 Å². The summed E-state index contributed by atoms with van der Waals surface area (Å²) in [4.78, 5) is 26.1. The lowest BCUT2D eigenvalue weighted by Gasteiger charge is -2.11. The third-order valence-electron chi connectivity index (χ3n) is 4.99. The second-order valence-corrected chi connectivity index (χ2v) is 7.92. The number of benzene rings is 2. The van der Waals surface area contributed by atoms with Crippen LogP contribution in [0.5, 0.6) is 0 Å². The predicted octanol–water partition coefficient (Wildman–Crippen LogP) is 4.75. The maximum absolute atomic E-state index is 12.6. The van der Waals surface area contributed by atoms with Gasteiger partial charge >= 0.3 is 5.97 Å². The number of hydrogen-bond acceptors (Lipinski definition) is 4. The van der Waals surface area contributed by atoms with Crippen molar-refractivity contribution >= 4 is 39.0 Å². The summed E-state index contributed by atoms with van der Waals surface area (Å²) in [5, 5.41) is 5.85. The van der Waals surface area contributed by atoms with E-state index in [0.717, 1.165) is 47.6 Å². The van der Waals surface area contributed by atoms with Crippen molar-refractivity contribution in [2.24, 2.45) is 0 Å². The molecule has 5 heteroatoms. The van der Waals surface area contributed by atoms with Crippen LogP contribution in [0.2, 0.25) is 0 Å².